The van der Waals surface area contributed by atoms with Crippen molar-refractivity contribution in [2.24, 2.45) is 0 Å². The number of rotatable bonds is 9. The van der Waals surface area contributed by atoms with Crippen LogP contribution in [0.4, 0.5) is 23.8 Å². The van der Waals surface area contributed by atoms with E-state index in [9.17, 15) is 24.2 Å². The van der Waals surface area contributed by atoms with Crippen LogP contribution in [-0.4, -0.2) is 43.4 Å². The normalized spacial score (nSPS) is 15.4. The first kappa shape index (κ1) is 25.5. The quantitative estimate of drug-likeness (QED) is 0.315. The molecular formula is C21H22F6N2O4S. The summed E-state index contributed by atoms with van der Waals surface area (Å²) in [6.45, 7) is 2.86. The molecule has 188 valence electrons. The Kier molecular flexibility index (Phi) is 6.01. The van der Waals surface area contributed by atoms with E-state index in [1.165, 1.54) is 6.07 Å². The van der Waals surface area contributed by atoms with Gasteiger partial charge in [0.25, 0.3) is 0 Å². The van der Waals surface area contributed by atoms with Gasteiger partial charge in [-0.25, -0.2) is 4.39 Å². The summed E-state index contributed by atoms with van der Waals surface area (Å²) < 4.78 is 97.1. The minimum atomic E-state index is -10.1. The molecule has 2 aromatic carbocycles. The van der Waals surface area contributed by atoms with Crippen molar-refractivity contribution < 1.29 is 42.8 Å². The second-order valence-electron chi connectivity index (χ2n) is 7.41. The van der Waals surface area contributed by atoms with Crippen molar-refractivity contribution in [3.63, 3.8) is 0 Å². The second-order valence-corrected chi connectivity index (χ2v) is 9.82. The molecule has 0 unspecified atom stereocenters. The monoisotopic (exact) mass is 512 g/mol. The third-order valence-electron chi connectivity index (χ3n) is 4.99. The van der Waals surface area contributed by atoms with Crippen molar-refractivity contribution in [1.82, 2.24) is 4.90 Å². The van der Waals surface area contributed by atoms with E-state index < -0.39 is 50.4 Å². The SMILES string of the molecule is CCOc1cc2c(c(F)c1OCC)C(=N)N(CC(=O)c1cc(OC)cc(S(F)(F)(F)(F)F)c1)C2. The van der Waals surface area contributed by atoms with Crippen LogP contribution >= 0.6 is 10.2 Å². The van der Waals surface area contributed by atoms with Gasteiger partial charge >= 0.3 is 10.2 Å². The Labute approximate surface area is 191 Å². The number of ether oxygens (including phenoxy) is 3. The van der Waals surface area contributed by atoms with Gasteiger partial charge in [-0.2, -0.15) is 0 Å². The largest absolute Gasteiger partial charge is 0.497 e. The van der Waals surface area contributed by atoms with Gasteiger partial charge < -0.3 is 19.1 Å². The molecule has 0 saturated heterocycles. The van der Waals surface area contributed by atoms with Crippen LogP contribution in [0.3, 0.4) is 0 Å². The van der Waals surface area contributed by atoms with E-state index in [2.05, 4.69) is 4.74 Å². The maximum Gasteiger partial charge on any atom is 0.310 e. The van der Waals surface area contributed by atoms with Crippen LogP contribution in [0.15, 0.2) is 29.2 Å². The number of amidine groups is 1. The van der Waals surface area contributed by atoms with Crippen LogP contribution < -0.4 is 14.2 Å². The Morgan fingerprint density at radius 2 is 1.71 bits per heavy atom. The molecule has 0 saturated carbocycles. The molecule has 0 amide bonds. The molecule has 0 aliphatic carbocycles. The van der Waals surface area contributed by atoms with Crippen molar-refractivity contribution in [3.8, 4) is 17.2 Å². The summed E-state index contributed by atoms with van der Waals surface area (Å²) in [5, 5.41) is 8.29. The zero-order valence-electron chi connectivity index (χ0n) is 18.4. The van der Waals surface area contributed by atoms with Crippen molar-refractivity contribution in [3.05, 3.63) is 46.8 Å². The van der Waals surface area contributed by atoms with Crippen molar-refractivity contribution >= 4 is 21.8 Å². The number of methoxy groups -OCH3 is 1. The number of benzene rings is 2. The third-order valence-corrected chi connectivity index (χ3v) is 6.12. The number of carbonyl (C=O) groups is 1. The lowest BCUT2D eigenvalue weighted by molar-refractivity contribution is 0.0962. The van der Waals surface area contributed by atoms with Crippen molar-refractivity contribution in [1.29, 1.82) is 5.41 Å². The average Bonchev–Trinajstić information content (AvgIpc) is 3.04. The maximum atomic E-state index is 15.1. The predicted molar refractivity (Wildman–Crippen MR) is 115 cm³/mol. The summed E-state index contributed by atoms with van der Waals surface area (Å²) in [5.74, 6) is -2.94. The van der Waals surface area contributed by atoms with Crippen LogP contribution in [0, 0.1) is 11.2 Å². The molecule has 34 heavy (non-hydrogen) atoms. The number of nitrogens with one attached hydrogen (secondary N) is 1. The molecule has 13 heteroatoms. The molecule has 1 N–H and O–H groups in total. The molecule has 0 spiro atoms. The Hall–Kier alpha value is -3.09. The van der Waals surface area contributed by atoms with Gasteiger partial charge in [-0.3, -0.25) is 10.2 Å². The highest BCUT2D eigenvalue weighted by molar-refractivity contribution is 8.45. The van der Waals surface area contributed by atoms with E-state index >= 15 is 4.39 Å². The summed E-state index contributed by atoms with van der Waals surface area (Å²) >= 11 is 0. The number of ketones is 1. The molecule has 0 fully saturated rings. The highest BCUT2D eigenvalue weighted by atomic mass is 32.5. The molecule has 0 radical (unpaired) electrons. The summed E-state index contributed by atoms with van der Waals surface area (Å²) in [7, 11) is -9.12. The van der Waals surface area contributed by atoms with E-state index in [0.29, 0.717) is 5.56 Å². The van der Waals surface area contributed by atoms with Crippen LogP contribution in [0.5, 0.6) is 17.2 Å². The van der Waals surface area contributed by atoms with Gasteiger partial charge in [-0.05, 0) is 37.6 Å². The molecule has 1 aliphatic heterocycles. The first-order valence-electron chi connectivity index (χ1n) is 10.0. The van der Waals surface area contributed by atoms with Gasteiger partial charge in [0.2, 0.25) is 0 Å². The Morgan fingerprint density at radius 3 is 2.26 bits per heavy atom. The highest BCUT2D eigenvalue weighted by Gasteiger charge is 2.65. The number of carbonyl (C=O) groups excluding carboxylic acids is 1. The molecule has 1 heterocycles. The third kappa shape index (κ3) is 5.03. The van der Waals surface area contributed by atoms with Gasteiger partial charge in [-0.15, -0.1) is 0 Å². The molecular weight excluding hydrogens is 490 g/mol. The standard InChI is InChI=1S/C21H22F6N2O4S/c1-4-32-17-8-13-10-29(21(28)18(13)19(22)20(17)33-5-2)11-16(30)12-6-14(31-3)9-15(7-12)34(23,24,25,26)27/h6-9,28H,4-5,10-11H2,1-3H3. The molecule has 0 bridgehead atoms. The minimum Gasteiger partial charge on any atom is -0.497 e. The van der Waals surface area contributed by atoms with Crippen LogP contribution in [0.25, 0.3) is 0 Å². The van der Waals surface area contributed by atoms with Crippen LogP contribution in [0.1, 0.15) is 35.3 Å². The number of hydrogen-bond donors (Lipinski definition) is 1. The molecule has 6 nitrogen and oxygen atoms in total. The minimum absolute atomic E-state index is 0.0558. The fourth-order valence-electron chi connectivity index (χ4n) is 3.50. The zero-order valence-corrected chi connectivity index (χ0v) is 19.2. The zero-order chi connectivity index (χ0) is 25.5. The van der Waals surface area contributed by atoms with Crippen LogP contribution in [-0.2, 0) is 6.54 Å². The number of fused-ring (bicyclic) bond motifs is 1. The summed E-state index contributed by atoms with van der Waals surface area (Å²) in [4.78, 5) is 11.6. The summed E-state index contributed by atoms with van der Waals surface area (Å²) in [5.41, 5.74) is -0.518. The number of nitrogens with zero attached hydrogens (tertiary/aromatic N) is 1. The van der Waals surface area contributed by atoms with Gasteiger partial charge in [0.05, 0.1) is 32.4 Å². The maximum absolute atomic E-state index is 15.1. The predicted octanol–water partition coefficient (Wildman–Crippen LogP) is 6.31. The number of hydrogen-bond acceptors (Lipinski definition) is 5. The van der Waals surface area contributed by atoms with Gasteiger partial charge in [0, 0.05) is 18.2 Å². The van der Waals surface area contributed by atoms with E-state index in [1.54, 1.807) is 13.8 Å². The first-order chi connectivity index (χ1) is 15.6. The highest BCUT2D eigenvalue weighted by Crippen LogP contribution is 3.02. The smallest absolute Gasteiger partial charge is 0.310 e. The van der Waals surface area contributed by atoms with Crippen molar-refractivity contribution in [2.45, 2.75) is 25.3 Å². The summed E-state index contributed by atoms with van der Waals surface area (Å²) in [6, 6.07) is 2.53. The lowest BCUT2D eigenvalue weighted by Gasteiger charge is -2.40. The Bertz CT molecular complexity index is 1170. The molecule has 1 aliphatic rings. The van der Waals surface area contributed by atoms with E-state index in [0.717, 1.165) is 18.1 Å². The van der Waals surface area contributed by atoms with Gasteiger partial charge in [0.1, 0.15) is 16.5 Å². The summed E-state index contributed by atoms with van der Waals surface area (Å²) in [6.07, 6.45) is 0. The number of halogens is 6. The second kappa shape index (κ2) is 8.00. The molecule has 2 aromatic rings. The lowest BCUT2D eigenvalue weighted by atomic mass is 10.1. The first-order valence-corrected chi connectivity index (χ1v) is 12.0. The van der Waals surface area contributed by atoms with E-state index in [-0.39, 0.29) is 49.0 Å². The number of Topliss-reactive ketones (excluding diaryl/α,β-unsaturated/α-hetero) is 1. The van der Waals surface area contributed by atoms with Crippen LogP contribution in [0.2, 0.25) is 0 Å². The molecule has 0 atom stereocenters. The Morgan fingerprint density at radius 1 is 1.06 bits per heavy atom. The van der Waals surface area contributed by atoms with Gasteiger partial charge in [0.15, 0.2) is 23.1 Å². The Balaban J connectivity index is 1.94. The molecule has 3 rings (SSSR count). The fraction of sp³-hybridized carbons (Fsp3) is 0.333. The fourth-order valence-corrected chi connectivity index (χ4v) is 4.19. The van der Waals surface area contributed by atoms with Gasteiger partial charge in [-0.1, -0.05) is 19.4 Å². The van der Waals surface area contributed by atoms with Crippen molar-refractivity contribution in [2.75, 3.05) is 26.9 Å². The lowest BCUT2D eigenvalue weighted by Crippen LogP contribution is -2.30. The van der Waals surface area contributed by atoms with E-state index in [1.807, 2.05) is 0 Å². The topological polar surface area (TPSA) is 71.9 Å². The average molecular weight is 512 g/mol. The van der Waals surface area contributed by atoms with E-state index in [4.69, 9.17) is 14.9 Å². The molecule has 0 aromatic heterocycles.